The van der Waals surface area contributed by atoms with Crippen molar-refractivity contribution in [2.75, 3.05) is 0 Å². The first-order valence-electron chi connectivity index (χ1n) is 6.31. The molecule has 0 unspecified atom stereocenters. The predicted molar refractivity (Wildman–Crippen MR) is 78.4 cm³/mol. The van der Waals surface area contributed by atoms with Gasteiger partial charge in [0.1, 0.15) is 5.82 Å². The summed E-state index contributed by atoms with van der Waals surface area (Å²) in [6.07, 6.45) is 1.88. The molecule has 2 nitrogen and oxygen atoms in total. The number of aliphatic hydroxyl groups excluding tert-OH is 1. The van der Waals surface area contributed by atoms with Crippen LogP contribution in [0.5, 0.6) is 0 Å². The van der Waals surface area contributed by atoms with Crippen LogP contribution < -0.4 is 0 Å². The van der Waals surface area contributed by atoms with Gasteiger partial charge in [0.2, 0.25) is 0 Å². The van der Waals surface area contributed by atoms with E-state index < -0.39 is 0 Å². The van der Waals surface area contributed by atoms with Crippen LogP contribution in [0.25, 0.3) is 10.9 Å². The smallest absolute Gasteiger partial charge is 0.129 e. The van der Waals surface area contributed by atoms with E-state index in [1.807, 2.05) is 35.0 Å². The van der Waals surface area contributed by atoms with E-state index in [-0.39, 0.29) is 12.4 Å². The molecule has 0 radical (unpaired) electrons. The Balaban J connectivity index is 2.12. The number of hydrogen-bond donors (Lipinski definition) is 1. The number of fused-ring (bicyclic) bond motifs is 1. The highest BCUT2D eigenvalue weighted by molar-refractivity contribution is 6.31. The molecule has 0 bridgehead atoms. The number of para-hydroxylation sites is 1. The van der Waals surface area contributed by atoms with Gasteiger partial charge in [0, 0.05) is 22.3 Å². The molecule has 0 saturated carbocycles. The molecule has 2 aromatic carbocycles. The molecule has 4 heteroatoms. The third kappa shape index (κ3) is 2.19. The molecule has 20 heavy (non-hydrogen) atoms. The molecule has 1 N–H and O–H groups in total. The maximum Gasteiger partial charge on any atom is 0.129 e. The second-order valence-electron chi connectivity index (χ2n) is 4.66. The lowest BCUT2D eigenvalue weighted by Crippen LogP contribution is -2.03. The van der Waals surface area contributed by atoms with Crippen LogP contribution in [-0.2, 0) is 13.2 Å². The number of aromatic nitrogens is 1. The van der Waals surface area contributed by atoms with Crippen molar-refractivity contribution < 1.29 is 9.50 Å². The van der Waals surface area contributed by atoms with Gasteiger partial charge in [-0.25, -0.2) is 4.39 Å². The van der Waals surface area contributed by atoms with E-state index in [4.69, 9.17) is 11.6 Å². The third-order valence-corrected chi connectivity index (χ3v) is 3.79. The van der Waals surface area contributed by atoms with Gasteiger partial charge >= 0.3 is 0 Å². The second-order valence-corrected chi connectivity index (χ2v) is 5.06. The van der Waals surface area contributed by atoms with Gasteiger partial charge < -0.3 is 9.67 Å². The molecule has 1 heterocycles. The van der Waals surface area contributed by atoms with Gasteiger partial charge in [-0.2, -0.15) is 0 Å². The summed E-state index contributed by atoms with van der Waals surface area (Å²) in [5, 5.41) is 10.9. The number of rotatable bonds is 3. The quantitative estimate of drug-likeness (QED) is 0.775. The minimum absolute atomic E-state index is 0.0492. The zero-order chi connectivity index (χ0) is 14.1. The first-order valence-corrected chi connectivity index (χ1v) is 6.69. The minimum atomic E-state index is -0.319. The van der Waals surface area contributed by atoms with Crippen LogP contribution in [0.3, 0.4) is 0 Å². The fourth-order valence-corrected chi connectivity index (χ4v) is 2.68. The predicted octanol–water partition coefficient (Wildman–Crippen LogP) is 3.97. The Kier molecular flexibility index (Phi) is 3.47. The number of hydrogen-bond acceptors (Lipinski definition) is 1. The van der Waals surface area contributed by atoms with Crippen LogP contribution >= 0.6 is 11.6 Å². The molecule has 0 atom stereocenters. The Morgan fingerprint density at radius 1 is 1.10 bits per heavy atom. The maximum atomic E-state index is 13.9. The monoisotopic (exact) mass is 289 g/mol. The molecular weight excluding hydrogens is 277 g/mol. The van der Waals surface area contributed by atoms with Crippen molar-refractivity contribution in [3.8, 4) is 0 Å². The van der Waals surface area contributed by atoms with Crippen molar-refractivity contribution in [2.45, 2.75) is 13.2 Å². The average Bonchev–Trinajstić information content (AvgIpc) is 2.86. The van der Waals surface area contributed by atoms with Crippen LogP contribution in [0, 0.1) is 5.82 Å². The summed E-state index contributed by atoms with van der Waals surface area (Å²) < 4.78 is 15.8. The fourth-order valence-electron chi connectivity index (χ4n) is 2.45. The molecule has 102 valence electrons. The summed E-state index contributed by atoms with van der Waals surface area (Å²) in [6, 6.07) is 12.3. The highest BCUT2D eigenvalue weighted by Crippen LogP contribution is 2.25. The van der Waals surface area contributed by atoms with E-state index in [1.165, 1.54) is 6.07 Å². The lowest BCUT2D eigenvalue weighted by Gasteiger charge is -2.11. The van der Waals surface area contributed by atoms with Crippen molar-refractivity contribution in [3.63, 3.8) is 0 Å². The van der Waals surface area contributed by atoms with E-state index in [9.17, 15) is 9.50 Å². The topological polar surface area (TPSA) is 25.2 Å². The Morgan fingerprint density at radius 2 is 1.90 bits per heavy atom. The zero-order valence-corrected chi connectivity index (χ0v) is 11.4. The highest BCUT2D eigenvalue weighted by atomic mass is 35.5. The van der Waals surface area contributed by atoms with Crippen molar-refractivity contribution in [3.05, 3.63) is 70.6 Å². The van der Waals surface area contributed by atoms with Gasteiger partial charge in [0.25, 0.3) is 0 Å². The molecule has 0 aliphatic rings. The summed E-state index contributed by atoms with van der Waals surface area (Å²) in [4.78, 5) is 0. The summed E-state index contributed by atoms with van der Waals surface area (Å²) in [6.45, 7) is 0.290. The van der Waals surface area contributed by atoms with Gasteiger partial charge in [-0.05, 0) is 23.6 Å². The average molecular weight is 290 g/mol. The highest BCUT2D eigenvalue weighted by Gasteiger charge is 2.11. The molecule has 0 aliphatic carbocycles. The van der Waals surface area contributed by atoms with Crippen LogP contribution in [-0.4, -0.2) is 9.67 Å². The van der Waals surface area contributed by atoms with Crippen LogP contribution in [0.2, 0.25) is 5.02 Å². The number of aliphatic hydroxyl groups is 1. The molecule has 0 aliphatic heterocycles. The first kappa shape index (κ1) is 13.2. The van der Waals surface area contributed by atoms with E-state index in [2.05, 4.69) is 0 Å². The van der Waals surface area contributed by atoms with Gasteiger partial charge in [-0.15, -0.1) is 0 Å². The maximum absolute atomic E-state index is 13.9. The molecule has 0 fully saturated rings. The van der Waals surface area contributed by atoms with Crippen molar-refractivity contribution in [2.24, 2.45) is 0 Å². The van der Waals surface area contributed by atoms with Gasteiger partial charge in [0.15, 0.2) is 0 Å². The van der Waals surface area contributed by atoms with Crippen LogP contribution in [0.4, 0.5) is 4.39 Å². The molecule has 3 aromatic rings. The number of nitrogens with zero attached hydrogens (tertiary/aromatic N) is 1. The summed E-state index contributed by atoms with van der Waals surface area (Å²) >= 11 is 6.07. The Bertz CT molecular complexity index is 746. The van der Waals surface area contributed by atoms with E-state index in [0.717, 1.165) is 16.5 Å². The standard InChI is InChI=1S/C16H13ClFNO/c17-14-5-2-6-15(18)13(14)9-19-8-7-11-3-1-4-12(10-20)16(11)19/h1-8,20H,9-10H2. The van der Waals surface area contributed by atoms with Crippen molar-refractivity contribution in [1.29, 1.82) is 0 Å². The Labute approximate surface area is 121 Å². The lowest BCUT2D eigenvalue weighted by molar-refractivity contribution is 0.283. The molecule has 0 amide bonds. The second kappa shape index (κ2) is 5.27. The van der Waals surface area contributed by atoms with Gasteiger partial charge in [-0.1, -0.05) is 35.9 Å². The number of halogens is 2. The molecule has 0 spiro atoms. The zero-order valence-electron chi connectivity index (χ0n) is 10.7. The Morgan fingerprint density at radius 3 is 2.65 bits per heavy atom. The summed E-state index contributed by atoms with van der Waals surface area (Å²) in [7, 11) is 0. The van der Waals surface area contributed by atoms with Gasteiger partial charge in [-0.3, -0.25) is 0 Å². The third-order valence-electron chi connectivity index (χ3n) is 3.43. The number of benzene rings is 2. The fraction of sp³-hybridized carbons (Fsp3) is 0.125. The molecule has 3 rings (SSSR count). The molecule has 1 aromatic heterocycles. The normalized spacial score (nSPS) is 11.2. The van der Waals surface area contributed by atoms with Crippen molar-refractivity contribution >= 4 is 22.5 Å². The summed E-state index contributed by atoms with van der Waals surface area (Å²) in [5.74, 6) is -0.319. The van der Waals surface area contributed by atoms with Crippen LogP contribution in [0.1, 0.15) is 11.1 Å². The van der Waals surface area contributed by atoms with E-state index in [0.29, 0.717) is 17.1 Å². The van der Waals surface area contributed by atoms with E-state index in [1.54, 1.807) is 12.1 Å². The SMILES string of the molecule is OCc1cccc2ccn(Cc3c(F)cccc3Cl)c12. The van der Waals surface area contributed by atoms with Crippen molar-refractivity contribution in [1.82, 2.24) is 4.57 Å². The lowest BCUT2D eigenvalue weighted by atomic mass is 10.1. The Hall–Kier alpha value is -1.84. The van der Waals surface area contributed by atoms with Crippen LogP contribution in [0.15, 0.2) is 48.7 Å². The summed E-state index contributed by atoms with van der Waals surface area (Å²) in [5.41, 5.74) is 2.19. The van der Waals surface area contributed by atoms with E-state index >= 15 is 0 Å². The van der Waals surface area contributed by atoms with Gasteiger partial charge in [0.05, 0.1) is 18.7 Å². The molecule has 0 saturated heterocycles. The largest absolute Gasteiger partial charge is 0.392 e. The minimum Gasteiger partial charge on any atom is -0.392 e. The first-order chi connectivity index (χ1) is 9.70. The molecular formula is C16H13ClFNO.